The third kappa shape index (κ3) is 25.4. The Hall–Kier alpha value is -9.00. The molecule has 2 unspecified atom stereocenters. The SMILES string of the molecule is CC(=O)CC[C@H](NC(=O)N[C@@H](CCC(=O)NCCCCCCCC(=O)N[C@@H](Cc1ccccc1)C(=O)N[C@@H](Cc1ccccc1)C(=O)O)C(=O)OC(C)(C)C)C(C)=O.Cc1ccc(C(OC(=O)C(N)Cc2ccccc2)(c2ccccc2)c2ccccc2Cl)cc1. The number of esters is 2. The number of benzene rings is 6. The lowest BCUT2D eigenvalue weighted by atomic mass is 9.79. The van der Waals surface area contributed by atoms with Gasteiger partial charge < -0.3 is 51.7 Å². The first-order valence-electron chi connectivity index (χ1n) is 30.8. The number of ether oxygens (including phenoxy) is 2. The molecule has 0 bridgehead atoms. The fourth-order valence-corrected chi connectivity index (χ4v) is 10.2. The summed E-state index contributed by atoms with van der Waals surface area (Å²) in [5.41, 5.74) is 10.2. The second-order valence-electron chi connectivity index (χ2n) is 23.5. The van der Waals surface area contributed by atoms with Gasteiger partial charge in [0, 0.05) is 60.4 Å². The second-order valence-corrected chi connectivity index (χ2v) is 23.9. The minimum atomic E-state index is -1.25. The first-order valence-corrected chi connectivity index (χ1v) is 31.2. The van der Waals surface area contributed by atoms with E-state index in [0.29, 0.717) is 36.4 Å². The number of carbonyl (C=O) groups excluding carboxylic acids is 8. The molecule has 0 heterocycles. The first-order chi connectivity index (χ1) is 43.4. The second kappa shape index (κ2) is 37.2. The highest BCUT2D eigenvalue weighted by atomic mass is 35.5. The molecular weight excluding hydrogens is 1180 g/mol. The monoisotopic (exact) mass is 1260 g/mol. The van der Waals surface area contributed by atoms with E-state index in [1.54, 1.807) is 51.1 Å². The average molecular weight is 1260 g/mol. The molecule has 0 saturated heterocycles. The standard InChI is InChI=1S/C43H61N5O10.C29H26ClNO2/c1-29(49)22-23-33(30(2)50)47-42(57)48-34(41(56)58-43(3,4)5)24-25-37(51)44-26-16-8-6-7-15-21-38(52)45-35(27-31-17-11-9-12-18-31)39(53)46-36(40(54)55)28-32-19-13-10-14-20-32;1-21-16-18-24(19-17-21)29(23-12-6-3-7-13-23,25-14-8-9-15-26(25)30)33-28(32)27(31)20-22-10-4-2-5-11-22/h9-14,17-20,33-36H,6-8,15-16,21-28H2,1-5H3,(H,44,51)(H,45,52)(H,46,53)(H,54,55)(H2,47,48,57);2-19,27H,20,31H2,1H3/t33-,34-,35-,36-;/m0./s1. The van der Waals surface area contributed by atoms with Gasteiger partial charge in [-0.2, -0.15) is 0 Å². The number of unbranched alkanes of at least 4 members (excludes halogenated alkanes) is 4. The number of aryl methyl sites for hydroxylation is 1. The van der Waals surface area contributed by atoms with E-state index in [-0.39, 0.29) is 68.3 Å². The van der Waals surface area contributed by atoms with Gasteiger partial charge in [-0.05, 0) is 96.4 Å². The van der Waals surface area contributed by atoms with Crippen molar-refractivity contribution in [1.82, 2.24) is 26.6 Å². The van der Waals surface area contributed by atoms with Crippen LogP contribution in [0.3, 0.4) is 0 Å². The summed E-state index contributed by atoms with van der Waals surface area (Å²) < 4.78 is 11.8. The minimum Gasteiger partial charge on any atom is -0.480 e. The normalized spacial score (nSPS) is 13.3. The lowest BCUT2D eigenvalue weighted by Gasteiger charge is -2.36. The van der Waals surface area contributed by atoms with E-state index in [1.807, 2.05) is 146 Å². The summed E-state index contributed by atoms with van der Waals surface area (Å²) in [5, 5.41) is 23.5. The van der Waals surface area contributed by atoms with E-state index in [1.165, 1.54) is 13.8 Å². The molecule has 484 valence electrons. The number of nitrogens with one attached hydrogen (secondary N) is 5. The molecule has 0 radical (unpaired) electrons. The minimum absolute atomic E-state index is 0.0455. The Kier molecular flexibility index (Phi) is 29.8. The quantitative estimate of drug-likeness (QED) is 0.0115. The number of nitrogens with two attached hydrogens (primary N) is 1. The molecule has 8 N–H and O–H groups in total. The molecule has 6 rings (SSSR count). The molecule has 0 spiro atoms. The predicted molar refractivity (Wildman–Crippen MR) is 351 cm³/mol. The number of halogens is 1. The zero-order valence-corrected chi connectivity index (χ0v) is 53.6. The molecule has 0 aliphatic carbocycles. The topological polar surface area (TPSA) is 278 Å². The zero-order chi connectivity index (χ0) is 66.3. The summed E-state index contributed by atoms with van der Waals surface area (Å²) in [6.45, 7) is 10.1. The van der Waals surface area contributed by atoms with Crippen LogP contribution in [-0.2, 0) is 72.7 Å². The fourth-order valence-electron chi connectivity index (χ4n) is 9.92. The van der Waals surface area contributed by atoms with Gasteiger partial charge in [0.25, 0.3) is 0 Å². The van der Waals surface area contributed by atoms with Crippen LogP contribution in [0.15, 0.2) is 170 Å². The molecule has 19 heteroatoms. The van der Waals surface area contributed by atoms with Crippen LogP contribution >= 0.6 is 11.6 Å². The van der Waals surface area contributed by atoms with Crippen LogP contribution in [0, 0.1) is 6.92 Å². The van der Waals surface area contributed by atoms with E-state index >= 15 is 0 Å². The highest BCUT2D eigenvalue weighted by molar-refractivity contribution is 6.31. The maximum Gasteiger partial charge on any atom is 0.329 e. The summed E-state index contributed by atoms with van der Waals surface area (Å²) in [6, 6.07) is 47.1. The molecule has 0 aliphatic rings. The van der Waals surface area contributed by atoms with Gasteiger partial charge in [0.2, 0.25) is 17.7 Å². The van der Waals surface area contributed by atoms with Crippen molar-refractivity contribution in [3.8, 4) is 0 Å². The Morgan fingerprint density at radius 2 is 1.00 bits per heavy atom. The molecule has 6 atom stereocenters. The number of ketones is 2. The van der Waals surface area contributed by atoms with Gasteiger partial charge in [-0.15, -0.1) is 0 Å². The largest absolute Gasteiger partial charge is 0.480 e. The number of carboxylic acids is 1. The lowest BCUT2D eigenvalue weighted by molar-refractivity contribution is -0.157. The number of hydrogen-bond donors (Lipinski definition) is 7. The first kappa shape index (κ1) is 72.7. The third-order valence-corrected chi connectivity index (χ3v) is 15.0. The Morgan fingerprint density at radius 3 is 1.55 bits per heavy atom. The Labute approximate surface area is 539 Å². The number of hydrogen-bond acceptors (Lipinski definition) is 12. The number of amides is 5. The number of aliphatic carboxylic acids is 1. The number of carbonyl (C=O) groups is 9. The van der Waals surface area contributed by atoms with Gasteiger partial charge in [-0.3, -0.25) is 24.0 Å². The van der Waals surface area contributed by atoms with Crippen molar-refractivity contribution >= 4 is 64.8 Å². The summed E-state index contributed by atoms with van der Waals surface area (Å²) in [5.74, 6) is -4.09. The van der Waals surface area contributed by atoms with E-state index in [0.717, 1.165) is 52.6 Å². The fraction of sp³-hybridized carbons (Fsp3) is 0.375. The predicted octanol–water partition coefficient (Wildman–Crippen LogP) is 10.2. The number of carboxylic acid groups (broad SMARTS) is 1. The number of Topliss-reactive ketones (excluding diaryl/α,β-unsaturated/α-hetero) is 2. The van der Waals surface area contributed by atoms with E-state index in [9.17, 15) is 48.3 Å². The van der Waals surface area contributed by atoms with Crippen molar-refractivity contribution in [3.05, 3.63) is 214 Å². The smallest absolute Gasteiger partial charge is 0.329 e. The van der Waals surface area contributed by atoms with Crippen LogP contribution in [0.4, 0.5) is 4.79 Å². The van der Waals surface area contributed by atoms with E-state index in [4.69, 9.17) is 26.8 Å². The van der Waals surface area contributed by atoms with Crippen molar-refractivity contribution in [3.63, 3.8) is 0 Å². The Morgan fingerprint density at radius 1 is 0.505 bits per heavy atom. The summed E-state index contributed by atoms with van der Waals surface area (Å²) >= 11 is 6.71. The van der Waals surface area contributed by atoms with Gasteiger partial charge in [-0.1, -0.05) is 200 Å². The van der Waals surface area contributed by atoms with Gasteiger partial charge >= 0.3 is 23.9 Å². The van der Waals surface area contributed by atoms with Gasteiger partial charge in [-0.25, -0.2) is 14.4 Å². The van der Waals surface area contributed by atoms with E-state index < -0.39 is 71.3 Å². The molecule has 5 amide bonds. The third-order valence-electron chi connectivity index (χ3n) is 14.7. The van der Waals surface area contributed by atoms with Crippen LogP contribution in [0.25, 0.3) is 0 Å². The van der Waals surface area contributed by atoms with Crippen molar-refractivity contribution < 1.29 is 57.7 Å². The van der Waals surface area contributed by atoms with Crippen molar-refractivity contribution in [2.24, 2.45) is 5.73 Å². The van der Waals surface area contributed by atoms with Crippen molar-refractivity contribution in [1.29, 1.82) is 0 Å². The molecule has 18 nitrogen and oxygen atoms in total. The van der Waals surface area contributed by atoms with Crippen LogP contribution in [0.5, 0.6) is 0 Å². The van der Waals surface area contributed by atoms with Gasteiger partial charge in [0.05, 0.1) is 6.04 Å². The summed E-state index contributed by atoms with van der Waals surface area (Å²) in [7, 11) is 0. The average Bonchev–Trinajstić information content (AvgIpc) is 0.769. The highest BCUT2D eigenvalue weighted by Gasteiger charge is 2.43. The molecule has 6 aromatic carbocycles. The van der Waals surface area contributed by atoms with Gasteiger partial charge in [0.1, 0.15) is 35.6 Å². The molecule has 91 heavy (non-hydrogen) atoms. The Balaban J connectivity index is 0.000000381. The highest BCUT2D eigenvalue weighted by Crippen LogP contribution is 2.44. The molecule has 0 saturated carbocycles. The lowest BCUT2D eigenvalue weighted by Crippen LogP contribution is -2.53. The van der Waals surface area contributed by atoms with Crippen LogP contribution in [0.2, 0.25) is 5.02 Å². The van der Waals surface area contributed by atoms with Crippen LogP contribution in [-0.4, -0.2) is 101 Å². The zero-order valence-electron chi connectivity index (χ0n) is 52.8. The van der Waals surface area contributed by atoms with Crippen LogP contribution in [0.1, 0.15) is 138 Å². The maximum atomic E-state index is 13.5. The maximum absolute atomic E-state index is 13.5. The van der Waals surface area contributed by atoms with E-state index in [2.05, 4.69) is 26.6 Å². The molecular formula is C72H87ClN6O12. The summed E-state index contributed by atoms with van der Waals surface area (Å²) in [6.07, 6.45) is 4.50. The van der Waals surface area contributed by atoms with Crippen molar-refractivity contribution in [2.75, 3.05) is 6.54 Å². The Bertz CT molecular complexity index is 3310. The molecule has 0 aliphatic heterocycles. The van der Waals surface area contributed by atoms with Crippen molar-refractivity contribution in [2.45, 2.75) is 166 Å². The number of urea groups is 1. The van der Waals surface area contributed by atoms with Gasteiger partial charge in [0.15, 0.2) is 11.4 Å². The molecule has 6 aromatic rings. The molecule has 0 aromatic heterocycles. The summed E-state index contributed by atoms with van der Waals surface area (Å²) in [4.78, 5) is 113. The number of rotatable bonds is 33. The molecule has 0 fully saturated rings. The van der Waals surface area contributed by atoms with Crippen LogP contribution < -0.4 is 32.3 Å².